The Hall–Kier alpha value is -2.24. The number of ether oxygens (including phenoxy) is 1. The third-order valence-electron chi connectivity index (χ3n) is 5.77. The molecule has 2 N–H and O–H groups in total. The lowest BCUT2D eigenvalue weighted by Gasteiger charge is -2.34. The van der Waals surface area contributed by atoms with Gasteiger partial charge in [-0.1, -0.05) is 37.5 Å². The number of hydrogen-bond acceptors (Lipinski definition) is 3. The van der Waals surface area contributed by atoms with Gasteiger partial charge in [-0.15, -0.1) is 0 Å². The van der Waals surface area contributed by atoms with Gasteiger partial charge >= 0.3 is 0 Å². The first-order valence-corrected chi connectivity index (χ1v) is 11.3. The fraction of sp³-hybridized carbons (Fsp3) is 0.652. The summed E-state index contributed by atoms with van der Waals surface area (Å²) in [7, 11) is 0. The fourth-order valence-electron chi connectivity index (χ4n) is 4.15. The molecule has 0 spiro atoms. The van der Waals surface area contributed by atoms with Crippen molar-refractivity contribution in [3.63, 3.8) is 0 Å². The number of aliphatic imine (C=N–C) groups is 1. The molecule has 1 aliphatic heterocycles. The van der Waals surface area contributed by atoms with Crippen LogP contribution in [0.15, 0.2) is 35.3 Å². The highest BCUT2D eigenvalue weighted by molar-refractivity contribution is 5.80. The second kappa shape index (κ2) is 11.7. The number of rotatable bonds is 7. The first kappa shape index (κ1) is 21.5. The standard InChI is InChI=1S/C23H36N4O2/c1-2-24-23(26-16-15-25-22(28)19-9-5-3-6-10-19)27-17-13-21(14-18-27)29-20-11-7-4-8-12-20/h4,7-8,11-12,19,21H,2-3,5-6,9-10,13-18H2,1H3,(H,24,26)(H,25,28). The van der Waals surface area contributed by atoms with Crippen molar-refractivity contribution in [3.8, 4) is 5.75 Å². The lowest BCUT2D eigenvalue weighted by molar-refractivity contribution is -0.125. The number of carbonyl (C=O) groups is 1. The van der Waals surface area contributed by atoms with E-state index in [2.05, 4.69) is 22.5 Å². The molecular weight excluding hydrogens is 364 g/mol. The van der Waals surface area contributed by atoms with Crippen LogP contribution in [0.25, 0.3) is 0 Å². The molecular formula is C23H36N4O2. The van der Waals surface area contributed by atoms with Gasteiger partial charge < -0.3 is 20.3 Å². The number of likely N-dealkylation sites (tertiary alicyclic amines) is 1. The van der Waals surface area contributed by atoms with Crippen LogP contribution >= 0.6 is 0 Å². The van der Waals surface area contributed by atoms with Gasteiger partial charge in [0.1, 0.15) is 11.9 Å². The van der Waals surface area contributed by atoms with E-state index in [1.807, 2.05) is 30.3 Å². The van der Waals surface area contributed by atoms with Crippen LogP contribution in [0.4, 0.5) is 0 Å². The van der Waals surface area contributed by atoms with Gasteiger partial charge in [0.2, 0.25) is 5.91 Å². The van der Waals surface area contributed by atoms with Crippen molar-refractivity contribution >= 4 is 11.9 Å². The first-order chi connectivity index (χ1) is 14.3. The number of benzene rings is 1. The number of nitrogens with zero attached hydrogens (tertiary/aromatic N) is 2. The zero-order chi connectivity index (χ0) is 20.3. The van der Waals surface area contributed by atoms with Crippen LogP contribution in [0.2, 0.25) is 0 Å². The van der Waals surface area contributed by atoms with E-state index in [1.165, 1.54) is 19.3 Å². The monoisotopic (exact) mass is 400 g/mol. The van der Waals surface area contributed by atoms with Gasteiger partial charge in [-0.05, 0) is 31.9 Å². The summed E-state index contributed by atoms with van der Waals surface area (Å²) >= 11 is 0. The average molecular weight is 401 g/mol. The van der Waals surface area contributed by atoms with E-state index in [0.717, 1.165) is 57.0 Å². The van der Waals surface area contributed by atoms with E-state index in [9.17, 15) is 4.79 Å². The van der Waals surface area contributed by atoms with E-state index >= 15 is 0 Å². The molecule has 29 heavy (non-hydrogen) atoms. The second-order valence-electron chi connectivity index (χ2n) is 7.98. The molecule has 6 heteroatoms. The number of amides is 1. The van der Waals surface area contributed by atoms with Crippen LogP contribution in [0.3, 0.4) is 0 Å². The molecule has 0 atom stereocenters. The summed E-state index contributed by atoms with van der Waals surface area (Å²) in [6, 6.07) is 10.0. The number of para-hydroxylation sites is 1. The Kier molecular flexibility index (Phi) is 8.65. The molecule has 3 rings (SSSR count). The molecule has 1 saturated heterocycles. The van der Waals surface area contributed by atoms with E-state index in [1.54, 1.807) is 0 Å². The minimum absolute atomic E-state index is 0.212. The van der Waals surface area contributed by atoms with Crippen LogP contribution in [0, 0.1) is 5.92 Å². The Labute approximate surface area is 175 Å². The molecule has 1 saturated carbocycles. The van der Waals surface area contributed by atoms with Crippen LogP contribution in [0.1, 0.15) is 51.9 Å². The molecule has 0 radical (unpaired) electrons. The number of hydrogen-bond donors (Lipinski definition) is 2. The maximum absolute atomic E-state index is 12.3. The van der Waals surface area contributed by atoms with E-state index in [0.29, 0.717) is 13.1 Å². The van der Waals surface area contributed by atoms with Crippen molar-refractivity contribution in [1.82, 2.24) is 15.5 Å². The summed E-state index contributed by atoms with van der Waals surface area (Å²) in [4.78, 5) is 19.3. The van der Waals surface area contributed by atoms with E-state index in [-0.39, 0.29) is 17.9 Å². The summed E-state index contributed by atoms with van der Waals surface area (Å²) in [6.07, 6.45) is 7.94. The van der Waals surface area contributed by atoms with Crippen molar-refractivity contribution in [2.24, 2.45) is 10.9 Å². The molecule has 1 amide bonds. The number of guanidine groups is 1. The molecule has 0 unspecified atom stereocenters. The molecule has 0 bridgehead atoms. The molecule has 1 aromatic rings. The van der Waals surface area contributed by atoms with Crippen LogP contribution in [-0.4, -0.2) is 55.6 Å². The van der Waals surface area contributed by atoms with Gasteiger partial charge in [-0.2, -0.15) is 0 Å². The predicted octanol–water partition coefficient (Wildman–Crippen LogP) is 3.19. The lowest BCUT2D eigenvalue weighted by atomic mass is 9.89. The summed E-state index contributed by atoms with van der Waals surface area (Å²) in [5.74, 6) is 2.31. The van der Waals surface area contributed by atoms with E-state index < -0.39 is 0 Å². The molecule has 1 aliphatic carbocycles. The quantitative estimate of drug-likeness (QED) is 0.419. The predicted molar refractivity (Wildman–Crippen MR) is 117 cm³/mol. The number of piperidine rings is 1. The highest BCUT2D eigenvalue weighted by atomic mass is 16.5. The summed E-state index contributed by atoms with van der Waals surface area (Å²) in [6.45, 7) is 6.01. The lowest BCUT2D eigenvalue weighted by Crippen LogP contribution is -2.47. The van der Waals surface area contributed by atoms with Gasteiger partial charge in [0, 0.05) is 44.9 Å². The minimum atomic E-state index is 0.212. The Morgan fingerprint density at radius 2 is 1.79 bits per heavy atom. The van der Waals surface area contributed by atoms with Gasteiger partial charge in [-0.25, -0.2) is 0 Å². The maximum atomic E-state index is 12.3. The van der Waals surface area contributed by atoms with Gasteiger partial charge in [0.25, 0.3) is 0 Å². The van der Waals surface area contributed by atoms with Crippen molar-refractivity contribution < 1.29 is 9.53 Å². The zero-order valence-corrected chi connectivity index (χ0v) is 17.7. The Balaban J connectivity index is 1.41. The maximum Gasteiger partial charge on any atom is 0.223 e. The summed E-state index contributed by atoms with van der Waals surface area (Å²) in [5, 5.41) is 6.47. The molecule has 0 aromatic heterocycles. The topological polar surface area (TPSA) is 66.0 Å². The molecule has 1 heterocycles. The minimum Gasteiger partial charge on any atom is -0.490 e. The highest BCUT2D eigenvalue weighted by Crippen LogP contribution is 2.23. The molecule has 6 nitrogen and oxygen atoms in total. The van der Waals surface area contributed by atoms with E-state index in [4.69, 9.17) is 9.73 Å². The molecule has 1 aromatic carbocycles. The largest absolute Gasteiger partial charge is 0.490 e. The average Bonchev–Trinajstić information content (AvgIpc) is 2.78. The number of nitrogens with one attached hydrogen (secondary N) is 2. The Morgan fingerprint density at radius 3 is 2.48 bits per heavy atom. The van der Waals surface area contributed by atoms with Gasteiger partial charge in [0.05, 0.1) is 6.54 Å². The molecule has 2 aliphatic rings. The Morgan fingerprint density at radius 1 is 1.07 bits per heavy atom. The normalized spacial score (nSPS) is 19.1. The summed E-state index contributed by atoms with van der Waals surface area (Å²) in [5.41, 5.74) is 0. The van der Waals surface area contributed by atoms with Crippen molar-refractivity contribution in [2.75, 3.05) is 32.7 Å². The fourth-order valence-corrected chi connectivity index (χ4v) is 4.15. The van der Waals surface area contributed by atoms with Crippen molar-refractivity contribution in [2.45, 2.75) is 58.0 Å². The highest BCUT2D eigenvalue weighted by Gasteiger charge is 2.23. The van der Waals surface area contributed by atoms with Crippen molar-refractivity contribution in [1.29, 1.82) is 0 Å². The summed E-state index contributed by atoms with van der Waals surface area (Å²) < 4.78 is 6.09. The molecule has 2 fully saturated rings. The third-order valence-corrected chi connectivity index (χ3v) is 5.77. The zero-order valence-electron chi connectivity index (χ0n) is 17.7. The van der Waals surface area contributed by atoms with Crippen LogP contribution in [-0.2, 0) is 4.79 Å². The van der Waals surface area contributed by atoms with Crippen LogP contribution < -0.4 is 15.4 Å². The number of carbonyl (C=O) groups excluding carboxylic acids is 1. The van der Waals surface area contributed by atoms with Crippen LogP contribution in [0.5, 0.6) is 5.75 Å². The van der Waals surface area contributed by atoms with Gasteiger partial charge in [-0.3, -0.25) is 9.79 Å². The smallest absolute Gasteiger partial charge is 0.223 e. The third kappa shape index (κ3) is 6.94. The van der Waals surface area contributed by atoms with Crippen molar-refractivity contribution in [3.05, 3.63) is 30.3 Å². The SMILES string of the molecule is CCNC(=NCCNC(=O)C1CCCCC1)N1CCC(Oc2ccccc2)CC1. The van der Waals surface area contributed by atoms with Gasteiger partial charge in [0.15, 0.2) is 5.96 Å². The second-order valence-corrected chi connectivity index (χ2v) is 7.98. The Bertz CT molecular complexity index is 636. The molecule has 160 valence electrons. The first-order valence-electron chi connectivity index (χ1n) is 11.3.